The summed E-state index contributed by atoms with van der Waals surface area (Å²) in [7, 11) is 0. The van der Waals surface area contributed by atoms with Gasteiger partial charge >= 0.3 is 5.97 Å². The Morgan fingerprint density at radius 2 is 2.19 bits per heavy atom. The highest BCUT2D eigenvalue weighted by Crippen LogP contribution is 2.15. The summed E-state index contributed by atoms with van der Waals surface area (Å²) in [5.74, 6) is -0.245. The summed E-state index contributed by atoms with van der Waals surface area (Å²) in [5.41, 5.74) is 2.74. The van der Waals surface area contributed by atoms with Gasteiger partial charge in [-0.2, -0.15) is 0 Å². The Morgan fingerprint density at radius 1 is 1.50 bits per heavy atom. The first-order valence-electron chi connectivity index (χ1n) is 5.56. The maximum Gasteiger partial charge on any atom is 0.340 e. The number of aryl methyl sites for hydroxylation is 1. The first-order chi connectivity index (χ1) is 7.61. The molecule has 0 radical (unpaired) electrons. The lowest BCUT2D eigenvalue weighted by Gasteiger charge is -2.05. The van der Waals surface area contributed by atoms with Crippen molar-refractivity contribution in [2.75, 3.05) is 6.61 Å². The minimum absolute atomic E-state index is 0.245. The SMILES string of the molecule is C/C=C/COC(=O)c1cc(C)n(CC)c1C. The van der Waals surface area contributed by atoms with Crippen molar-refractivity contribution in [2.24, 2.45) is 0 Å². The van der Waals surface area contributed by atoms with E-state index in [9.17, 15) is 4.79 Å². The molecular formula is C13H19NO2. The molecule has 0 spiro atoms. The molecule has 88 valence electrons. The fourth-order valence-corrected chi connectivity index (χ4v) is 1.79. The molecule has 1 aromatic rings. The van der Waals surface area contributed by atoms with E-state index in [-0.39, 0.29) is 5.97 Å². The summed E-state index contributed by atoms with van der Waals surface area (Å²) in [6, 6.07) is 1.89. The smallest absolute Gasteiger partial charge is 0.340 e. The molecule has 0 aliphatic rings. The van der Waals surface area contributed by atoms with Crippen molar-refractivity contribution < 1.29 is 9.53 Å². The van der Waals surface area contributed by atoms with Crippen molar-refractivity contribution in [1.82, 2.24) is 4.57 Å². The van der Waals surface area contributed by atoms with Gasteiger partial charge in [-0.1, -0.05) is 12.2 Å². The molecule has 0 unspecified atom stereocenters. The Labute approximate surface area is 96.7 Å². The lowest BCUT2D eigenvalue weighted by atomic mass is 10.2. The van der Waals surface area contributed by atoms with Crippen molar-refractivity contribution >= 4 is 5.97 Å². The van der Waals surface area contributed by atoms with Crippen LogP contribution in [-0.2, 0) is 11.3 Å². The number of esters is 1. The Morgan fingerprint density at radius 3 is 2.69 bits per heavy atom. The van der Waals surface area contributed by atoms with Gasteiger partial charge in [-0.05, 0) is 33.8 Å². The highest BCUT2D eigenvalue weighted by molar-refractivity contribution is 5.91. The van der Waals surface area contributed by atoms with Gasteiger partial charge < -0.3 is 9.30 Å². The van der Waals surface area contributed by atoms with Gasteiger partial charge in [0.05, 0.1) is 5.56 Å². The van der Waals surface area contributed by atoms with Crippen LogP contribution in [0, 0.1) is 13.8 Å². The molecule has 16 heavy (non-hydrogen) atoms. The number of ether oxygens (including phenoxy) is 1. The van der Waals surface area contributed by atoms with Crippen LogP contribution in [0.2, 0.25) is 0 Å². The molecule has 0 atom stereocenters. The van der Waals surface area contributed by atoms with E-state index < -0.39 is 0 Å². The minimum Gasteiger partial charge on any atom is -0.458 e. The van der Waals surface area contributed by atoms with Crippen LogP contribution in [0.5, 0.6) is 0 Å². The lowest BCUT2D eigenvalue weighted by molar-refractivity contribution is 0.0548. The van der Waals surface area contributed by atoms with Crippen LogP contribution in [0.3, 0.4) is 0 Å². The van der Waals surface area contributed by atoms with E-state index in [1.54, 1.807) is 0 Å². The molecule has 0 aliphatic heterocycles. The third-order valence-corrected chi connectivity index (χ3v) is 2.66. The fourth-order valence-electron chi connectivity index (χ4n) is 1.79. The van der Waals surface area contributed by atoms with Crippen molar-refractivity contribution in [3.05, 3.63) is 35.2 Å². The largest absolute Gasteiger partial charge is 0.458 e. The van der Waals surface area contributed by atoms with E-state index >= 15 is 0 Å². The van der Waals surface area contributed by atoms with E-state index in [0.29, 0.717) is 12.2 Å². The Hall–Kier alpha value is -1.51. The molecule has 0 N–H and O–H groups in total. The normalized spacial score (nSPS) is 11.0. The van der Waals surface area contributed by atoms with Crippen LogP contribution >= 0.6 is 0 Å². The predicted octanol–water partition coefficient (Wildman–Crippen LogP) is 2.86. The van der Waals surface area contributed by atoms with Gasteiger partial charge in [0.1, 0.15) is 6.61 Å². The molecule has 1 aromatic heterocycles. The number of hydrogen-bond acceptors (Lipinski definition) is 2. The molecule has 0 aliphatic carbocycles. The topological polar surface area (TPSA) is 31.2 Å². The second-order valence-corrected chi connectivity index (χ2v) is 3.70. The number of nitrogens with zero attached hydrogens (tertiary/aromatic N) is 1. The molecule has 0 aromatic carbocycles. The lowest BCUT2D eigenvalue weighted by Crippen LogP contribution is -2.07. The van der Waals surface area contributed by atoms with Crippen LogP contribution in [0.25, 0.3) is 0 Å². The van der Waals surface area contributed by atoms with E-state index in [1.807, 2.05) is 39.0 Å². The number of carbonyl (C=O) groups excluding carboxylic acids is 1. The Bertz CT molecular complexity index is 402. The standard InChI is InChI=1S/C13H19NO2/c1-5-7-8-16-13(15)12-9-10(3)14(6-2)11(12)4/h5,7,9H,6,8H2,1-4H3/b7-5+. The highest BCUT2D eigenvalue weighted by Gasteiger charge is 2.15. The van der Waals surface area contributed by atoms with Crippen LogP contribution in [-0.4, -0.2) is 17.1 Å². The zero-order valence-corrected chi connectivity index (χ0v) is 10.4. The van der Waals surface area contributed by atoms with Gasteiger partial charge in [0.2, 0.25) is 0 Å². The molecular weight excluding hydrogens is 202 g/mol. The number of aromatic nitrogens is 1. The summed E-state index contributed by atoms with van der Waals surface area (Å²) in [6.45, 7) is 9.12. The van der Waals surface area contributed by atoms with Crippen LogP contribution in [0.1, 0.15) is 35.6 Å². The molecule has 0 saturated heterocycles. The summed E-state index contributed by atoms with van der Waals surface area (Å²) in [5, 5.41) is 0. The average molecular weight is 221 g/mol. The average Bonchev–Trinajstić information content (AvgIpc) is 2.54. The molecule has 0 fully saturated rings. The Kier molecular flexibility index (Phi) is 4.35. The summed E-state index contributed by atoms with van der Waals surface area (Å²) in [6.07, 6.45) is 3.68. The maximum atomic E-state index is 11.8. The minimum atomic E-state index is -0.245. The number of rotatable bonds is 4. The Balaban J connectivity index is 2.84. The molecule has 0 saturated carbocycles. The quantitative estimate of drug-likeness (QED) is 0.578. The second kappa shape index (κ2) is 5.54. The van der Waals surface area contributed by atoms with Gasteiger partial charge in [0, 0.05) is 17.9 Å². The van der Waals surface area contributed by atoms with Crippen LogP contribution in [0.15, 0.2) is 18.2 Å². The monoisotopic (exact) mass is 221 g/mol. The predicted molar refractivity (Wildman–Crippen MR) is 64.7 cm³/mol. The second-order valence-electron chi connectivity index (χ2n) is 3.70. The van der Waals surface area contributed by atoms with E-state index in [2.05, 4.69) is 11.5 Å². The number of carbonyl (C=O) groups is 1. The van der Waals surface area contributed by atoms with Crippen molar-refractivity contribution in [1.29, 1.82) is 0 Å². The molecule has 3 heteroatoms. The molecule has 0 amide bonds. The van der Waals surface area contributed by atoms with Gasteiger partial charge in [0.25, 0.3) is 0 Å². The number of hydrogen-bond donors (Lipinski definition) is 0. The summed E-state index contributed by atoms with van der Waals surface area (Å²) >= 11 is 0. The van der Waals surface area contributed by atoms with Crippen molar-refractivity contribution in [2.45, 2.75) is 34.2 Å². The zero-order valence-electron chi connectivity index (χ0n) is 10.4. The molecule has 0 bridgehead atoms. The van der Waals surface area contributed by atoms with Gasteiger partial charge in [0.15, 0.2) is 0 Å². The fraction of sp³-hybridized carbons (Fsp3) is 0.462. The maximum absolute atomic E-state index is 11.8. The van der Waals surface area contributed by atoms with Crippen LogP contribution < -0.4 is 0 Å². The van der Waals surface area contributed by atoms with Crippen molar-refractivity contribution in [3.63, 3.8) is 0 Å². The third kappa shape index (κ3) is 2.54. The molecule has 1 rings (SSSR count). The third-order valence-electron chi connectivity index (χ3n) is 2.66. The van der Waals surface area contributed by atoms with E-state index in [1.165, 1.54) is 0 Å². The molecule has 1 heterocycles. The summed E-state index contributed by atoms with van der Waals surface area (Å²) < 4.78 is 7.23. The van der Waals surface area contributed by atoms with Crippen LogP contribution in [0.4, 0.5) is 0 Å². The number of allylic oxidation sites excluding steroid dienone is 1. The van der Waals surface area contributed by atoms with Crippen molar-refractivity contribution in [3.8, 4) is 0 Å². The van der Waals surface area contributed by atoms with E-state index in [4.69, 9.17) is 4.74 Å². The highest BCUT2D eigenvalue weighted by atomic mass is 16.5. The molecule has 3 nitrogen and oxygen atoms in total. The van der Waals surface area contributed by atoms with Gasteiger partial charge in [-0.15, -0.1) is 0 Å². The first kappa shape index (κ1) is 12.6. The van der Waals surface area contributed by atoms with Gasteiger partial charge in [-0.25, -0.2) is 4.79 Å². The first-order valence-corrected chi connectivity index (χ1v) is 5.56. The summed E-state index contributed by atoms with van der Waals surface area (Å²) in [4.78, 5) is 11.8. The van der Waals surface area contributed by atoms with E-state index in [0.717, 1.165) is 17.9 Å². The van der Waals surface area contributed by atoms with Gasteiger partial charge in [-0.3, -0.25) is 0 Å². The zero-order chi connectivity index (χ0) is 12.1.